The number of amides is 1. The monoisotopic (exact) mass is 442 g/mol. The van der Waals surface area contributed by atoms with Crippen LogP contribution in [0.15, 0.2) is 60.0 Å². The van der Waals surface area contributed by atoms with Gasteiger partial charge >= 0.3 is 0 Å². The second-order valence-electron chi connectivity index (χ2n) is 6.20. The van der Waals surface area contributed by atoms with Gasteiger partial charge in [0.25, 0.3) is 11.6 Å². The van der Waals surface area contributed by atoms with E-state index in [2.05, 4.69) is 6.58 Å². The lowest BCUT2D eigenvalue weighted by atomic mass is 10.1. The summed E-state index contributed by atoms with van der Waals surface area (Å²) in [6.45, 7) is 4.25. The summed E-state index contributed by atoms with van der Waals surface area (Å²) < 4.78 is 11.7. The van der Waals surface area contributed by atoms with Crippen LogP contribution in [0.1, 0.15) is 11.1 Å². The summed E-state index contributed by atoms with van der Waals surface area (Å²) in [5.41, 5.74) is 1.59. The minimum atomic E-state index is -0.447. The maximum absolute atomic E-state index is 12.5. The van der Waals surface area contributed by atoms with Gasteiger partial charge in [0.2, 0.25) is 0 Å². The van der Waals surface area contributed by atoms with Gasteiger partial charge in [-0.2, -0.15) is 0 Å². The summed E-state index contributed by atoms with van der Waals surface area (Å²) in [7, 11) is 1.53. The highest BCUT2D eigenvalue weighted by Crippen LogP contribution is 2.35. The fourth-order valence-corrected chi connectivity index (χ4v) is 3.98. The minimum absolute atomic E-state index is 0.0270. The number of thioether (sulfide) groups is 1. The predicted octanol–water partition coefficient (Wildman–Crippen LogP) is 4.57. The van der Waals surface area contributed by atoms with Crippen LogP contribution in [-0.4, -0.2) is 33.7 Å². The van der Waals surface area contributed by atoms with E-state index < -0.39 is 4.92 Å². The van der Waals surface area contributed by atoms with Crippen molar-refractivity contribution in [2.75, 3.05) is 13.7 Å². The molecule has 0 unspecified atom stereocenters. The van der Waals surface area contributed by atoms with Crippen molar-refractivity contribution < 1.29 is 19.2 Å². The quantitative estimate of drug-likeness (QED) is 0.195. The molecular formula is C21H18N2O5S2. The van der Waals surface area contributed by atoms with Crippen LogP contribution >= 0.6 is 24.0 Å². The van der Waals surface area contributed by atoms with Gasteiger partial charge in [-0.25, -0.2) is 0 Å². The van der Waals surface area contributed by atoms with Crippen LogP contribution in [-0.2, 0) is 11.4 Å². The number of methoxy groups -OCH3 is 1. The Kier molecular flexibility index (Phi) is 6.86. The molecule has 1 saturated heterocycles. The highest BCUT2D eigenvalue weighted by molar-refractivity contribution is 8.26. The molecule has 30 heavy (non-hydrogen) atoms. The van der Waals surface area contributed by atoms with Gasteiger partial charge < -0.3 is 9.47 Å². The summed E-state index contributed by atoms with van der Waals surface area (Å²) in [5.74, 6) is 0.877. The summed E-state index contributed by atoms with van der Waals surface area (Å²) in [6.07, 6.45) is 3.39. The van der Waals surface area contributed by atoms with Gasteiger partial charge in [-0.05, 0) is 41.5 Å². The maximum Gasteiger partial charge on any atom is 0.269 e. The van der Waals surface area contributed by atoms with Gasteiger partial charge in [0.1, 0.15) is 10.9 Å². The Labute approximate surface area is 183 Å². The Bertz CT molecular complexity index is 1030. The number of carbonyl (C=O) groups excluding carboxylic acids is 1. The molecule has 0 spiro atoms. The number of rotatable bonds is 8. The highest BCUT2D eigenvalue weighted by Gasteiger charge is 2.31. The molecule has 9 heteroatoms. The Balaban J connectivity index is 1.73. The van der Waals surface area contributed by atoms with E-state index >= 15 is 0 Å². The molecule has 0 radical (unpaired) electrons. The summed E-state index contributed by atoms with van der Waals surface area (Å²) in [4.78, 5) is 24.8. The number of nitro groups is 1. The lowest BCUT2D eigenvalue weighted by Gasteiger charge is -2.12. The number of nitrogens with zero attached hydrogens (tertiary/aromatic N) is 2. The van der Waals surface area contributed by atoms with Crippen LogP contribution in [0.2, 0.25) is 0 Å². The summed E-state index contributed by atoms with van der Waals surface area (Å²) in [5, 5.41) is 10.7. The largest absolute Gasteiger partial charge is 0.493 e. The number of ether oxygens (including phenoxy) is 2. The van der Waals surface area contributed by atoms with Gasteiger partial charge in [-0.1, -0.05) is 36.1 Å². The van der Waals surface area contributed by atoms with Crippen LogP contribution in [0.3, 0.4) is 0 Å². The molecule has 0 N–H and O–H groups in total. The standard InChI is InChI=1S/C21H18N2O5S2/c1-3-10-22-20(24)19(30-21(22)29)12-15-6-9-17(18(11-15)27-2)28-13-14-4-7-16(8-5-14)23(25)26/h3-9,11-12H,1,10,13H2,2H3/b19-12+. The molecule has 0 atom stereocenters. The van der Waals surface area contributed by atoms with Crippen LogP contribution < -0.4 is 9.47 Å². The lowest BCUT2D eigenvalue weighted by molar-refractivity contribution is -0.384. The second-order valence-corrected chi connectivity index (χ2v) is 7.88. The van der Waals surface area contributed by atoms with Gasteiger partial charge in [-0.3, -0.25) is 19.8 Å². The van der Waals surface area contributed by atoms with E-state index in [1.165, 1.54) is 35.9 Å². The first-order chi connectivity index (χ1) is 14.4. The second kappa shape index (κ2) is 9.55. The highest BCUT2D eigenvalue weighted by atomic mass is 32.2. The molecule has 0 bridgehead atoms. The van der Waals surface area contributed by atoms with Crippen molar-refractivity contribution in [3.63, 3.8) is 0 Å². The number of carbonyl (C=O) groups is 1. The fraction of sp³-hybridized carbons (Fsp3) is 0.143. The molecular weight excluding hydrogens is 424 g/mol. The topological polar surface area (TPSA) is 81.9 Å². The molecule has 7 nitrogen and oxygen atoms in total. The van der Waals surface area contributed by atoms with Gasteiger partial charge in [0.05, 0.1) is 16.9 Å². The molecule has 3 rings (SSSR count). The lowest BCUT2D eigenvalue weighted by Crippen LogP contribution is -2.27. The number of benzene rings is 2. The molecule has 154 valence electrons. The Hall–Kier alpha value is -3.17. The van der Waals surface area contributed by atoms with E-state index in [0.29, 0.717) is 27.3 Å². The number of thiocarbonyl (C=S) groups is 1. The number of nitro benzene ring substituents is 1. The predicted molar refractivity (Wildman–Crippen MR) is 120 cm³/mol. The van der Waals surface area contributed by atoms with Gasteiger partial charge in [-0.15, -0.1) is 6.58 Å². The van der Waals surface area contributed by atoms with E-state index in [4.69, 9.17) is 21.7 Å². The maximum atomic E-state index is 12.5. The Morgan fingerprint density at radius 1 is 1.23 bits per heavy atom. The van der Waals surface area contributed by atoms with E-state index in [-0.39, 0.29) is 18.2 Å². The SMILES string of the molecule is C=CCN1C(=O)/C(=C\c2ccc(OCc3ccc([N+](=O)[O-])cc3)c(OC)c2)SC1=S. The Morgan fingerprint density at radius 2 is 1.97 bits per heavy atom. The minimum Gasteiger partial charge on any atom is -0.493 e. The molecule has 2 aromatic rings. The Morgan fingerprint density at radius 3 is 2.60 bits per heavy atom. The average Bonchev–Trinajstić information content (AvgIpc) is 3.00. The third kappa shape index (κ3) is 4.87. The first kappa shape index (κ1) is 21.5. The number of hydrogen-bond donors (Lipinski definition) is 0. The summed E-state index contributed by atoms with van der Waals surface area (Å²) in [6, 6.07) is 11.5. The van der Waals surface area contributed by atoms with E-state index in [0.717, 1.165) is 11.1 Å². The molecule has 0 aromatic heterocycles. The molecule has 0 aliphatic carbocycles. The van der Waals surface area contributed by atoms with Gasteiger partial charge in [0.15, 0.2) is 11.5 Å². The molecule has 1 heterocycles. The first-order valence-electron chi connectivity index (χ1n) is 8.83. The van der Waals surface area contributed by atoms with E-state index in [9.17, 15) is 14.9 Å². The molecule has 1 aliphatic heterocycles. The number of non-ortho nitro benzene ring substituents is 1. The third-order valence-corrected chi connectivity index (χ3v) is 5.59. The molecule has 1 fully saturated rings. The zero-order valence-corrected chi connectivity index (χ0v) is 17.7. The zero-order chi connectivity index (χ0) is 21.7. The van der Waals surface area contributed by atoms with Crippen LogP contribution in [0.25, 0.3) is 6.08 Å². The van der Waals surface area contributed by atoms with Crippen LogP contribution in [0.4, 0.5) is 5.69 Å². The van der Waals surface area contributed by atoms with Gasteiger partial charge in [0, 0.05) is 18.7 Å². The van der Waals surface area contributed by atoms with Crippen molar-refractivity contribution in [2.45, 2.75) is 6.61 Å². The molecule has 0 saturated carbocycles. The normalized spacial score (nSPS) is 14.8. The van der Waals surface area contributed by atoms with Crippen LogP contribution in [0.5, 0.6) is 11.5 Å². The first-order valence-corrected chi connectivity index (χ1v) is 10.1. The third-order valence-electron chi connectivity index (χ3n) is 4.21. The molecule has 1 amide bonds. The van der Waals surface area contributed by atoms with Crippen molar-refractivity contribution in [3.8, 4) is 11.5 Å². The van der Waals surface area contributed by atoms with Crippen molar-refractivity contribution in [1.29, 1.82) is 0 Å². The molecule has 2 aromatic carbocycles. The van der Waals surface area contributed by atoms with Crippen molar-refractivity contribution in [1.82, 2.24) is 4.90 Å². The van der Waals surface area contributed by atoms with Crippen molar-refractivity contribution in [3.05, 3.63) is 81.3 Å². The average molecular weight is 443 g/mol. The molecule has 1 aliphatic rings. The smallest absolute Gasteiger partial charge is 0.269 e. The zero-order valence-electron chi connectivity index (χ0n) is 16.1. The fourth-order valence-electron chi connectivity index (χ4n) is 2.71. The van der Waals surface area contributed by atoms with Crippen LogP contribution in [0, 0.1) is 10.1 Å². The number of hydrogen-bond acceptors (Lipinski definition) is 7. The van der Waals surface area contributed by atoms with E-state index in [1.807, 2.05) is 6.07 Å². The summed E-state index contributed by atoms with van der Waals surface area (Å²) >= 11 is 6.49. The van der Waals surface area contributed by atoms with Crippen molar-refractivity contribution in [2.24, 2.45) is 0 Å². The van der Waals surface area contributed by atoms with Crippen molar-refractivity contribution >= 4 is 46.0 Å². The van der Waals surface area contributed by atoms with E-state index in [1.54, 1.807) is 36.4 Å².